The van der Waals surface area contributed by atoms with Crippen LogP contribution in [0, 0.1) is 5.92 Å². The molecule has 196 valence electrons. The zero-order valence-electron chi connectivity index (χ0n) is 20.9. The molecule has 0 fully saturated rings. The Balaban J connectivity index is 1.86. The van der Waals surface area contributed by atoms with Crippen LogP contribution in [-0.2, 0) is 22.6 Å². The molecule has 2 amide bonds. The van der Waals surface area contributed by atoms with E-state index in [1.807, 2.05) is 74.5 Å². The summed E-state index contributed by atoms with van der Waals surface area (Å²) in [6, 6.07) is 21.9. The molecular formula is C29H31Cl3N2O2S. The van der Waals surface area contributed by atoms with Crippen LogP contribution in [-0.4, -0.2) is 35.1 Å². The Labute approximate surface area is 238 Å². The maximum atomic E-state index is 13.7. The van der Waals surface area contributed by atoms with Crippen molar-refractivity contribution >= 4 is 58.4 Å². The third kappa shape index (κ3) is 9.57. The van der Waals surface area contributed by atoms with Gasteiger partial charge in [0.2, 0.25) is 11.8 Å². The van der Waals surface area contributed by atoms with Gasteiger partial charge in [-0.25, -0.2) is 0 Å². The van der Waals surface area contributed by atoms with Gasteiger partial charge in [-0.2, -0.15) is 0 Å². The molecule has 1 unspecified atom stereocenters. The summed E-state index contributed by atoms with van der Waals surface area (Å²) in [5.74, 6) is 0.588. The van der Waals surface area contributed by atoms with Gasteiger partial charge in [-0.05, 0) is 53.4 Å². The van der Waals surface area contributed by atoms with Crippen LogP contribution in [0.15, 0.2) is 77.7 Å². The Morgan fingerprint density at radius 2 is 1.59 bits per heavy atom. The average molecular weight is 578 g/mol. The Morgan fingerprint density at radius 1 is 0.892 bits per heavy atom. The fourth-order valence-corrected chi connectivity index (χ4v) is 5.03. The first-order valence-corrected chi connectivity index (χ1v) is 14.3. The standard InChI is InChI=1S/C29H31Cl3N2O2S/c1-20(2)18-33-29(36)27(17-21-6-4-3-5-7-21)34(19-22-8-13-25(31)26(32)16-22)28(35)14-15-37-24-11-9-23(30)10-12-24/h3-13,16,20,27H,14-15,17-19H2,1-2H3,(H,33,36). The minimum atomic E-state index is -0.677. The molecule has 8 heteroatoms. The fourth-order valence-electron chi connectivity index (χ4n) is 3.74. The van der Waals surface area contributed by atoms with Crippen molar-refractivity contribution < 1.29 is 9.59 Å². The SMILES string of the molecule is CC(C)CNC(=O)C(Cc1ccccc1)N(Cc1ccc(Cl)c(Cl)c1)C(=O)CCSc1ccc(Cl)cc1. The second-order valence-corrected chi connectivity index (χ2v) is 11.6. The van der Waals surface area contributed by atoms with Crippen LogP contribution in [0.5, 0.6) is 0 Å². The zero-order valence-corrected chi connectivity index (χ0v) is 24.0. The number of nitrogens with zero attached hydrogens (tertiary/aromatic N) is 1. The number of thioether (sulfide) groups is 1. The van der Waals surface area contributed by atoms with Gasteiger partial charge in [0, 0.05) is 41.6 Å². The molecule has 0 aliphatic heterocycles. The van der Waals surface area contributed by atoms with Crippen LogP contribution in [0.4, 0.5) is 0 Å². The number of carbonyl (C=O) groups is 2. The molecule has 0 aromatic heterocycles. The Morgan fingerprint density at radius 3 is 2.24 bits per heavy atom. The van der Waals surface area contributed by atoms with Gasteiger partial charge in [0.15, 0.2) is 0 Å². The molecule has 0 spiro atoms. The summed E-state index contributed by atoms with van der Waals surface area (Å²) < 4.78 is 0. The molecular weight excluding hydrogens is 547 g/mol. The van der Waals surface area contributed by atoms with E-state index in [1.54, 1.807) is 28.8 Å². The van der Waals surface area contributed by atoms with Crippen molar-refractivity contribution in [3.05, 3.63) is 99.0 Å². The van der Waals surface area contributed by atoms with Crippen LogP contribution in [0.2, 0.25) is 15.1 Å². The minimum Gasteiger partial charge on any atom is -0.354 e. The molecule has 0 bridgehead atoms. The van der Waals surface area contributed by atoms with E-state index >= 15 is 0 Å². The Kier molecular flexibility index (Phi) is 11.7. The predicted octanol–water partition coefficient (Wildman–Crippen LogP) is 7.54. The van der Waals surface area contributed by atoms with Gasteiger partial charge in [-0.3, -0.25) is 9.59 Å². The lowest BCUT2D eigenvalue weighted by molar-refractivity contribution is -0.141. The van der Waals surface area contributed by atoms with E-state index in [4.69, 9.17) is 34.8 Å². The van der Waals surface area contributed by atoms with Crippen molar-refractivity contribution in [3.8, 4) is 0 Å². The van der Waals surface area contributed by atoms with Gasteiger partial charge in [-0.1, -0.05) is 85.0 Å². The molecule has 0 saturated carbocycles. The highest BCUT2D eigenvalue weighted by Crippen LogP contribution is 2.26. The second-order valence-electron chi connectivity index (χ2n) is 9.17. The van der Waals surface area contributed by atoms with E-state index in [2.05, 4.69) is 5.32 Å². The van der Waals surface area contributed by atoms with Gasteiger partial charge >= 0.3 is 0 Å². The van der Waals surface area contributed by atoms with Gasteiger partial charge in [0.05, 0.1) is 10.0 Å². The van der Waals surface area contributed by atoms with Gasteiger partial charge < -0.3 is 10.2 Å². The monoisotopic (exact) mass is 576 g/mol. The normalized spacial score (nSPS) is 11.8. The lowest BCUT2D eigenvalue weighted by atomic mass is 10.0. The fraction of sp³-hybridized carbons (Fsp3) is 0.310. The number of hydrogen-bond donors (Lipinski definition) is 1. The Bertz CT molecular complexity index is 1170. The molecule has 37 heavy (non-hydrogen) atoms. The number of rotatable bonds is 12. The molecule has 3 rings (SSSR count). The van der Waals surface area contributed by atoms with Gasteiger partial charge in [-0.15, -0.1) is 11.8 Å². The molecule has 0 aliphatic rings. The van der Waals surface area contributed by atoms with E-state index in [1.165, 1.54) is 0 Å². The summed E-state index contributed by atoms with van der Waals surface area (Å²) in [7, 11) is 0. The predicted molar refractivity (Wildman–Crippen MR) is 156 cm³/mol. The topological polar surface area (TPSA) is 49.4 Å². The van der Waals surface area contributed by atoms with Crippen molar-refractivity contribution in [3.63, 3.8) is 0 Å². The van der Waals surface area contributed by atoms with Crippen LogP contribution in [0.1, 0.15) is 31.4 Å². The summed E-state index contributed by atoms with van der Waals surface area (Å²) in [4.78, 5) is 29.8. The van der Waals surface area contributed by atoms with Gasteiger partial charge in [0.1, 0.15) is 6.04 Å². The molecule has 4 nitrogen and oxygen atoms in total. The summed E-state index contributed by atoms with van der Waals surface area (Å²) in [6.45, 7) is 4.86. The van der Waals surface area contributed by atoms with E-state index in [0.717, 1.165) is 16.0 Å². The number of hydrogen-bond acceptors (Lipinski definition) is 3. The number of halogens is 3. The van der Waals surface area contributed by atoms with E-state index in [0.29, 0.717) is 33.8 Å². The van der Waals surface area contributed by atoms with Crippen LogP contribution in [0.25, 0.3) is 0 Å². The molecule has 3 aromatic carbocycles. The van der Waals surface area contributed by atoms with Gasteiger partial charge in [0.25, 0.3) is 0 Å². The first-order valence-electron chi connectivity index (χ1n) is 12.2. The highest BCUT2D eigenvalue weighted by atomic mass is 35.5. The largest absolute Gasteiger partial charge is 0.354 e. The van der Waals surface area contributed by atoms with Crippen LogP contribution in [0.3, 0.4) is 0 Å². The summed E-state index contributed by atoms with van der Waals surface area (Å²) in [5, 5.41) is 4.56. The first kappa shape index (κ1) is 29.4. The van der Waals surface area contributed by atoms with Crippen molar-refractivity contribution in [2.75, 3.05) is 12.3 Å². The quantitative estimate of drug-likeness (QED) is 0.226. The summed E-state index contributed by atoms with van der Waals surface area (Å²) in [6.07, 6.45) is 0.680. The lowest BCUT2D eigenvalue weighted by Gasteiger charge is -2.32. The maximum Gasteiger partial charge on any atom is 0.243 e. The van der Waals surface area contributed by atoms with E-state index < -0.39 is 6.04 Å². The molecule has 0 saturated heterocycles. The highest BCUT2D eigenvalue weighted by molar-refractivity contribution is 7.99. The highest BCUT2D eigenvalue weighted by Gasteiger charge is 2.30. The van der Waals surface area contributed by atoms with Crippen molar-refractivity contribution in [2.24, 2.45) is 5.92 Å². The van der Waals surface area contributed by atoms with Crippen LogP contribution >= 0.6 is 46.6 Å². The van der Waals surface area contributed by atoms with Crippen molar-refractivity contribution in [2.45, 2.75) is 44.2 Å². The minimum absolute atomic E-state index is 0.104. The van der Waals surface area contributed by atoms with Crippen molar-refractivity contribution in [1.29, 1.82) is 0 Å². The van der Waals surface area contributed by atoms with Crippen molar-refractivity contribution in [1.82, 2.24) is 10.2 Å². The third-order valence-electron chi connectivity index (χ3n) is 5.69. The number of carbonyl (C=O) groups excluding carboxylic acids is 2. The zero-order chi connectivity index (χ0) is 26.8. The van der Waals surface area contributed by atoms with Crippen LogP contribution < -0.4 is 5.32 Å². The smallest absolute Gasteiger partial charge is 0.243 e. The second kappa shape index (κ2) is 14.7. The molecule has 1 atom stereocenters. The number of amides is 2. The molecule has 0 aliphatic carbocycles. The Hall–Kier alpha value is -2.18. The number of benzene rings is 3. The maximum absolute atomic E-state index is 13.7. The molecule has 1 N–H and O–H groups in total. The summed E-state index contributed by atoms with van der Waals surface area (Å²) in [5.41, 5.74) is 1.79. The molecule has 0 radical (unpaired) electrons. The first-order chi connectivity index (χ1) is 17.7. The lowest BCUT2D eigenvalue weighted by Crippen LogP contribution is -2.51. The molecule has 3 aromatic rings. The third-order valence-corrected chi connectivity index (χ3v) is 7.70. The van der Waals surface area contributed by atoms with E-state index in [-0.39, 0.29) is 30.7 Å². The number of nitrogens with one attached hydrogen (secondary N) is 1. The summed E-state index contributed by atoms with van der Waals surface area (Å²) >= 11 is 20.0. The van der Waals surface area contributed by atoms with E-state index in [9.17, 15) is 9.59 Å². The molecule has 0 heterocycles. The average Bonchev–Trinajstić information content (AvgIpc) is 2.88.